The van der Waals surface area contributed by atoms with E-state index in [4.69, 9.17) is 6.57 Å². The maximum atomic E-state index is 7.01. The SMILES string of the molecule is [C-]#[N+]c1cc(C)sc1C(C)(C)C. The monoisotopic (exact) mass is 179 g/mol. The van der Waals surface area contributed by atoms with Gasteiger partial charge in [0.1, 0.15) is 0 Å². The molecule has 1 aromatic rings. The lowest BCUT2D eigenvalue weighted by molar-refractivity contribution is 0.606. The molecule has 1 nitrogen and oxygen atoms in total. The molecule has 2 heteroatoms. The zero-order valence-electron chi connectivity index (χ0n) is 7.93. The Balaban J connectivity index is 3.25. The van der Waals surface area contributed by atoms with E-state index in [1.807, 2.05) is 6.07 Å². The third-order valence-electron chi connectivity index (χ3n) is 1.64. The van der Waals surface area contributed by atoms with Gasteiger partial charge in [0, 0.05) is 4.88 Å². The average Bonchev–Trinajstić information content (AvgIpc) is 2.29. The van der Waals surface area contributed by atoms with Crippen LogP contribution in [-0.4, -0.2) is 0 Å². The van der Waals surface area contributed by atoms with E-state index in [9.17, 15) is 0 Å². The third-order valence-corrected chi connectivity index (χ3v) is 3.10. The van der Waals surface area contributed by atoms with Gasteiger partial charge in [0.15, 0.2) is 0 Å². The van der Waals surface area contributed by atoms with Crippen LogP contribution in [0.5, 0.6) is 0 Å². The fraction of sp³-hybridized carbons (Fsp3) is 0.500. The van der Waals surface area contributed by atoms with Crippen LogP contribution in [0.1, 0.15) is 30.5 Å². The number of nitrogens with zero attached hydrogens (tertiary/aromatic N) is 1. The van der Waals surface area contributed by atoms with Gasteiger partial charge in [-0.2, -0.15) is 11.3 Å². The molecule has 12 heavy (non-hydrogen) atoms. The minimum atomic E-state index is 0.110. The molecule has 0 spiro atoms. The van der Waals surface area contributed by atoms with E-state index >= 15 is 0 Å². The summed E-state index contributed by atoms with van der Waals surface area (Å²) in [6.45, 7) is 15.5. The molecule has 0 saturated carbocycles. The first kappa shape index (κ1) is 9.28. The van der Waals surface area contributed by atoms with Gasteiger partial charge in [0.2, 0.25) is 5.69 Å². The summed E-state index contributed by atoms with van der Waals surface area (Å²) in [5.41, 5.74) is 0.934. The van der Waals surface area contributed by atoms with Crippen LogP contribution in [0.2, 0.25) is 0 Å². The van der Waals surface area contributed by atoms with Crippen molar-refractivity contribution in [3.8, 4) is 0 Å². The summed E-state index contributed by atoms with van der Waals surface area (Å²) in [7, 11) is 0. The highest BCUT2D eigenvalue weighted by atomic mass is 32.1. The van der Waals surface area contributed by atoms with Gasteiger partial charge in [-0.15, -0.1) is 0 Å². The average molecular weight is 179 g/mol. The van der Waals surface area contributed by atoms with Crippen molar-refractivity contribution in [3.05, 3.63) is 27.2 Å². The molecular weight excluding hydrogens is 166 g/mol. The first-order chi connectivity index (χ1) is 5.45. The maximum Gasteiger partial charge on any atom is 0.201 e. The van der Waals surface area contributed by atoms with Crippen LogP contribution in [0.15, 0.2) is 6.07 Å². The van der Waals surface area contributed by atoms with E-state index in [-0.39, 0.29) is 5.41 Å². The van der Waals surface area contributed by atoms with Gasteiger partial charge in [0.05, 0.1) is 6.57 Å². The summed E-state index contributed by atoms with van der Waals surface area (Å²) in [6, 6.07) is 1.97. The van der Waals surface area contributed by atoms with Crippen molar-refractivity contribution in [2.24, 2.45) is 0 Å². The lowest BCUT2D eigenvalue weighted by Crippen LogP contribution is -2.08. The second-order valence-electron chi connectivity index (χ2n) is 3.93. The smallest absolute Gasteiger partial charge is 0.201 e. The molecule has 0 aromatic carbocycles. The van der Waals surface area contributed by atoms with E-state index in [1.54, 1.807) is 11.3 Å². The molecule has 0 bridgehead atoms. The van der Waals surface area contributed by atoms with E-state index < -0.39 is 0 Å². The zero-order chi connectivity index (χ0) is 9.35. The number of hydrogen-bond donors (Lipinski definition) is 0. The zero-order valence-corrected chi connectivity index (χ0v) is 8.75. The van der Waals surface area contributed by atoms with Crippen LogP contribution in [-0.2, 0) is 5.41 Å². The van der Waals surface area contributed by atoms with Crippen LogP contribution in [0, 0.1) is 13.5 Å². The lowest BCUT2D eigenvalue weighted by atomic mass is 9.94. The molecule has 0 saturated heterocycles. The Labute approximate surface area is 77.9 Å². The molecule has 64 valence electrons. The summed E-state index contributed by atoms with van der Waals surface area (Å²) in [5.74, 6) is 0. The molecule has 0 aliphatic heterocycles. The van der Waals surface area contributed by atoms with Gasteiger partial charge in [-0.3, -0.25) is 0 Å². The molecule has 0 unspecified atom stereocenters. The predicted octanol–water partition coefficient (Wildman–Crippen LogP) is 3.90. The largest absolute Gasteiger partial charge is 0.237 e. The summed E-state index contributed by atoms with van der Waals surface area (Å²) in [4.78, 5) is 5.95. The van der Waals surface area contributed by atoms with Crippen LogP contribution in [0.3, 0.4) is 0 Å². The van der Waals surface area contributed by atoms with Crippen LogP contribution >= 0.6 is 11.3 Å². The van der Waals surface area contributed by atoms with Crippen LogP contribution in [0.4, 0.5) is 5.69 Å². The molecule has 0 amide bonds. The van der Waals surface area contributed by atoms with Gasteiger partial charge in [-0.1, -0.05) is 20.8 Å². The maximum absolute atomic E-state index is 7.01. The van der Waals surface area contributed by atoms with Crippen molar-refractivity contribution in [3.63, 3.8) is 0 Å². The van der Waals surface area contributed by atoms with Crippen molar-refractivity contribution in [1.82, 2.24) is 0 Å². The Hall–Kier alpha value is -0.810. The molecule has 1 heterocycles. The number of rotatable bonds is 0. The highest BCUT2D eigenvalue weighted by Crippen LogP contribution is 2.38. The second-order valence-corrected chi connectivity index (χ2v) is 5.19. The van der Waals surface area contributed by atoms with E-state index in [0.717, 1.165) is 5.69 Å². The fourth-order valence-electron chi connectivity index (χ4n) is 1.12. The van der Waals surface area contributed by atoms with Crippen molar-refractivity contribution >= 4 is 17.0 Å². The van der Waals surface area contributed by atoms with E-state index in [2.05, 4.69) is 32.5 Å². The summed E-state index contributed by atoms with van der Waals surface area (Å²) in [6.07, 6.45) is 0. The summed E-state index contributed by atoms with van der Waals surface area (Å²) >= 11 is 1.73. The van der Waals surface area contributed by atoms with Crippen molar-refractivity contribution < 1.29 is 0 Å². The standard InChI is InChI=1S/C10H13NS/c1-7-6-8(11-5)9(12-7)10(2,3)4/h6H,1-4H3. The summed E-state index contributed by atoms with van der Waals surface area (Å²) < 4.78 is 0. The Kier molecular flexibility index (Phi) is 2.25. The molecule has 0 aliphatic carbocycles. The van der Waals surface area contributed by atoms with Gasteiger partial charge >= 0.3 is 0 Å². The highest BCUT2D eigenvalue weighted by Gasteiger charge is 2.20. The van der Waals surface area contributed by atoms with Crippen LogP contribution in [0.25, 0.3) is 4.85 Å². The Morgan fingerprint density at radius 2 is 2.00 bits per heavy atom. The fourth-order valence-corrected chi connectivity index (χ4v) is 2.13. The van der Waals surface area contributed by atoms with Crippen molar-refractivity contribution in [2.45, 2.75) is 33.1 Å². The minimum Gasteiger partial charge on any atom is -0.237 e. The second kappa shape index (κ2) is 2.91. The molecular formula is C10H13NS. The first-order valence-electron chi connectivity index (χ1n) is 3.93. The van der Waals surface area contributed by atoms with E-state index in [1.165, 1.54) is 9.75 Å². The van der Waals surface area contributed by atoms with Gasteiger partial charge in [-0.05, 0) is 23.3 Å². The van der Waals surface area contributed by atoms with Gasteiger partial charge in [0.25, 0.3) is 0 Å². The van der Waals surface area contributed by atoms with Gasteiger partial charge < -0.3 is 0 Å². The molecule has 0 atom stereocenters. The predicted molar refractivity (Wildman–Crippen MR) is 54.0 cm³/mol. The topological polar surface area (TPSA) is 4.36 Å². The molecule has 0 N–H and O–H groups in total. The molecule has 0 fully saturated rings. The van der Waals surface area contributed by atoms with Crippen molar-refractivity contribution in [2.75, 3.05) is 0 Å². The molecule has 1 rings (SSSR count). The van der Waals surface area contributed by atoms with Gasteiger partial charge in [-0.25, -0.2) is 4.85 Å². The first-order valence-corrected chi connectivity index (χ1v) is 4.75. The third kappa shape index (κ3) is 1.67. The quantitative estimate of drug-likeness (QED) is 0.532. The lowest BCUT2D eigenvalue weighted by Gasteiger charge is -2.16. The highest BCUT2D eigenvalue weighted by molar-refractivity contribution is 7.12. The normalized spacial score (nSPS) is 11.2. The van der Waals surface area contributed by atoms with Crippen molar-refractivity contribution in [1.29, 1.82) is 0 Å². The Bertz CT molecular complexity index is 323. The molecule has 0 radical (unpaired) electrons. The molecule has 1 aromatic heterocycles. The Morgan fingerprint density at radius 3 is 2.33 bits per heavy atom. The van der Waals surface area contributed by atoms with Crippen LogP contribution < -0.4 is 0 Å². The summed E-state index contributed by atoms with van der Waals surface area (Å²) in [5, 5.41) is 0. The minimum absolute atomic E-state index is 0.110. The number of thiophene rings is 1. The molecule has 0 aliphatic rings. The van der Waals surface area contributed by atoms with E-state index in [0.29, 0.717) is 0 Å². The number of hydrogen-bond acceptors (Lipinski definition) is 1. The Morgan fingerprint density at radius 1 is 1.42 bits per heavy atom. The number of aryl methyl sites for hydroxylation is 1.